The van der Waals surface area contributed by atoms with E-state index in [2.05, 4.69) is 34.1 Å². The highest BCUT2D eigenvalue weighted by Gasteiger charge is 2.27. The summed E-state index contributed by atoms with van der Waals surface area (Å²) >= 11 is 0. The van der Waals surface area contributed by atoms with Crippen LogP contribution in [0.5, 0.6) is 5.88 Å². The first-order valence-corrected chi connectivity index (χ1v) is 11.0. The highest BCUT2D eigenvalue weighted by Crippen LogP contribution is 2.31. The average molecular weight is 392 g/mol. The van der Waals surface area contributed by atoms with Gasteiger partial charge in [0.15, 0.2) is 0 Å². The van der Waals surface area contributed by atoms with Crippen molar-refractivity contribution in [2.75, 3.05) is 37.7 Å². The van der Waals surface area contributed by atoms with Crippen LogP contribution in [0, 0.1) is 11.8 Å². The van der Waals surface area contributed by atoms with Crippen LogP contribution < -0.4 is 9.64 Å². The maximum absolute atomic E-state index is 12.8. The Kier molecular flexibility index (Phi) is 5.13. The largest absolute Gasteiger partial charge is 0.477 e. The molecule has 29 heavy (non-hydrogen) atoms. The lowest BCUT2D eigenvalue weighted by molar-refractivity contribution is 0.0692. The molecule has 5 heteroatoms. The lowest BCUT2D eigenvalue weighted by Crippen LogP contribution is -2.41. The maximum atomic E-state index is 12.8. The Bertz CT molecular complexity index is 855. The van der Waals surface area contributed by atoms with Crippen LogP contribution in [0.4, 0.5) is 5.69 Å². The third-order valence-electron chi connectivity index (χ3n) is 6.51. The average Bonchev–Trinajstić information content (AvgIpc) is 3.53. The minimum absolute atomic E-state index is 0.0937. The minimum atomic E-state index is 0.0937. The van der Waals surface area contributed by atoms with E-state index in [0.29, 0.717) is 23.3 Å². The summed E-state index contributed by atoms with van der Waals surface area (Å²) in [5, 5.41) is 0. The normalized spacial score (nSPS) is 19.3. The number of para-hydroxylation sites is 1. The molecule has 0 radical (unpaired) electrons. The highest BCUT2D eigenvalue weighted by molar-refractivity contribution is 5.94. The van der Waals surface area contributed by atoms with E-state index in [1.165, 1.54) is 24.1 Å². The third-order valence-corrected chi connectivity index (χ3v) is 6.51. The third kappa shape index (κ3) is 4.24. The van der Waals surface area contributed by atoms with E-state index in [1.54, 1.807) is 6.20 Å². The number of benzene rings is 1. The number of hydrogen-bond acceptors (Lipinski definition) is 4. The van der Waals surface area contributed by atoms with Gasteiger partial charge in [-0.25, -0.2) is 4.98 Å². The number of fused-ring (bicyclic) bond motifs is 1. The van der Waals surface area contributed by atoms with Gasteiger partial charge >= 0.3 is 0 Å². The van der Waals surface area contributed by atoms with Crippen LogP contribution in [-0.4, -0.2) is 48.6 Å². The molecule has 3 aliphatic rings. The summed E-state index contributed by atoms with van der Waals surface area (Å²) in [4.78, 5) is 21.7. The van der Waals surface area contributed by atoms with Gasteiger partial charge < -0.3 is 14.5 Å². The number of amides is 1. The summed E-state index contributed by atoms with van der Waals surface area (Å²) in [5.74, 6) is 2.07. The molecule has 2 aliphatic heterocycles. The zero-order chi connectivity index (χ0) is 19.6. The van der Waals surface area contributed by atoms with Crippen LogP contribution >= 0.6 is 0 Å². The van der Waals surface area contributed by atoms with Gasteiger partial charge in [0.1, 0.15) is 0 Å². The van der Waals surface area contributed by atoms with Crippen LogP contribution in [0.25, 0.3) is 0 Å². The molecule has 5 rings (SSSR count). The van der Waals surface area contributed by atoms with E-state index in [0.717, 1.165) is 52.0 Å². The molecule has 1 aromatic carbocycles. The molecule has 0 bridgehead atoms. The summed E-state index contributed by atoms with van der Waals surface area (Å²) in [5.41, 5.74) is 3.54. The number of carbonyl (C=O) groups is 1. The van der Waals surface area contributed by atoms with E-state index in [4.69, 9.17) is 4.74 Å². The fourth-order valence-electron chi connectivity index (χ4n) is 4.49. The molecule has 1 aromatic heterocycles. The first kappa shape index (κ1) is 18.5. The molecular formula is C24H29N3O2. The summed E-state index contributed by atoms with van der Waals surface area (Å²) in [6.45, 7) is 4.64. The quantitative estimate of drug-likeness (QED) is 0.752. The van der Waals surface area contributed by atoms with Gasteiger partial charge in [0.05, 0.1) is 12.2 Å². The smallest absolute Gasteiger partial charge is 0.255 e. The molecule has 1 saturated heterocycles. The van der Waals surface area contributed by atoms with Crippen molar-refractivity contribution >= 4 is 11.6 Å². The number of rotatable bonds is 6. The van der Waals surface area contributed by atoms with Crippen LogP contribution in [0.3, 0.4) is 0 Å². The Labute approximate surface area is 172 Å². The van der Waals surface area contributed by atoms with E-state index < -0.39 is 0 Å². The van der Waals surface area contributed by atoms with Gasteiger partial charge in [-0.2, -0.15) is 0 Å². The molecule has 1 aliphatic carbocycles. The SMILES string of the molecule is O=C(c1ccc(OCC2CC2)nc1)N1CCC(CN2CCc3ccccc32)CC1. The monoisotopic (exact) mass is 391 g/mol. The van der Waals surface area contributed by atoms with Crippen molar-refractivity contribution in [1.29, 1.82) is 0 Å². The molecule has 152 valence electrons. The Morgan fingerprint density at radius 2 is 1.83 bits per heavy atom. The Morgan fingerprint density at radius 1 is 1.00 bits per heavy atom. The van der Waals surface area contributed by atoms with Crippen molar-refractivity contribution in [2.24, 2.45) is 11.8 Å². The van der Waals surface area contributed by atoms with Crippen molar-refractivity contribution in [2.45, 2.75) is 32.1 Å². The Balaban J connectivity index is 1.12. The van der Waals surface area contributed by atoms with Gasteiger partial charge in [-0.3, -0.25) is 4.79 Å². The second kappa shape index (κ2) is 8.05. The number of hydrogen-bond donors (Lipinski definition) is 0. The zero-order valence-corrected chi connectivity index (χ0v) is 16.9. The predicted molar refractivity (Wildman–Crippen MR) is 113 cm³/mol. The summed E-state index contributed by atoms with van der Waals surface area (Å²) in [6.07, 6.45) is 7.48. The topological polar surface area (TPSA) is 45.7 Å². The van der Waals surface area contributed by atoms with E-state index in [9.17, 15) is 4.79 Å². The summed E-state index contributed by atoms with van der Waals surface area (Å²) < 4.78 is 5.67. The number of pyridine rings is 1. The van der Waals surface area contributed by atoms with Crippen LogP contribution in [0.15, 0.2) is 42.6 Å². The standard InChI is InChI=1S/C24H29N3O2/c28-24(21-7-8-23(25-15-21)29-17-19-5-6-19)26-12-9-18(10-13-26)16-27-14-11-20-3-1-2-4-22(20)27/h1-4,7-8,15,18-19H,5-6,9-14,16-17H2. The molecule has 2 aromatic rings. The molecule has 5 nitrogen and oxygen atoms in total. The number of ether oxygens (including phenoxy) is 1. The van der Waals surface area contributed by atoms with Crippen molar-refractivity contribution in [3.05, 3.63) is 53.7 Å². The number of anilines is 1. The van der Waals surface area contributed by atoms with Crippen LogP contribution in [0.1, 0.15) is 41.6 Å². The maximum Gasteiger partial charge on any atom is 0.255 e. The van der Waals surface area contributed by atoms with Crippen LogP contribution in [0.2, 0.25) is 0 Å². The predicted octanol–water partition coefficient (Wildman–Crippen LogP) is 3.79. The number of aromatic nitrogens is 1. The van der Waals surface area contributed by atoms with Gasteiger partial charge in [0.2, 0.25) is 5.88 Å². The second-order valence-corrected chi connectivity index (χ2v) is 8.70. The van der Waals surface area contributed by atoms with Crippen LogP contribution in [-0.2, 0) is 6.42 Å². The number of carbonyl (C=O) groups excluding carboxylic acids is 1. The van der Waals surface area contributed by atoms with Gasteiger partial charge in [0.25, 0.3) is 5.91 Å². The van der Waals surface area contributed by atoms with E-state index >= 15 is 0 Å². The minimum Gasteiger partial charge on any atom is -0.477 e. The highest BCUT2D eigenvalue weighted by atomic mass is 16.5. The zero-order valence-electron chi connectivity index (χ0n) is 16.9. The number of nitrogens with zero attached hydrogens (tertiary/aromatic N) is 3. The lowest BCUT2D eigenvalue weighted by atomic mass is 9.95. The molecule has 3 heterocycles. The lowest BCUT2D eigenvalue weighted by Gasteiger charge is -2.34. The second-order valence-electron chi connectivity index (χ2n) is 8.70. The molecule has 0 spiro atoms. The van der Waals surface area contributed by atoms with Gasteiger partial charge in [-0.1, -0.05) is 18.2 Å². The fourth-order valence-corrected chi connectivity index (χ4v) is 4.49. The Hall–Kier alpha value is -2.56. The van der Waals surface area contributed by atoms with Crippen molar-refractivity contribution in [1.82, 2.24) is 9.88 Å². The molecule has 1 saturated carbocycles. The van der Waals surface area contributed by atoms with Gasteiger partial charge in [-0.05, 0) is 61.6 Å². The Morgan fingerprint density at radius 3 is 2.59 bits per heavy atom. The molecule has 2 fully saturated rings. The molecule has 0 atom stereocenters. The molecule has 0 unspecified atom stereocenters. The first-order chi connectivity index (χ1) is 14.3. The summed E-state index contributed by atoms with van der Waals surface area (Å²) in [7, 11) is 0. The van der Waals surface area contributed by atoms with Crippen molar-refractivity contribution < 1.29 is 9.53 Å². The molecular weight excluding hydrogens is 362 g/mol. The molecule has 0 N–H and O–H groups in total. The van der Waals surface area contributed by atoms with Crippen molar-refractivity contribution in [3.8, 4) is 5.88 Å². The molecule has 1 amide bonds. The fraction of sp³-hybridized carbons (Fsp3) is 0.500. The van der Waals surface area contributed by atoms with E-state index in [-0.39, 0.29) is 5.91 Å². The van der Waals surface area contributed by atoms with Gasteiger partial charge in [-0.15, -0.1) is 0 Å². The van der Waals surface area contributed by atoms with Crippen molar-refractivity contribution in [3.63, 3.8) is 0 Å². The number of likely N-dealkylation sites (tertiary alicyclic amines) is 1. The first-order valence-electron chi connectivity index (χ1n) is 11.0. The van der Waals surface area contributed by atoms with Gasteiger partial charge in [0, 0.05) is 44.1 Å². The number of piperidine rings is 1. The summed E-state index contributed by atoms with van der Waals surface area (Å²) in [6, 6.07) is 12.4. The van der Waals surface area contributed by atoms with E-state index in [1.807, 2.05) is 17.0 Å².